The Balaban J connectivity index is 2.34. The molecule has 0 aliphatic carbocycles. The van der Waals surface area contributed by atoms with Gasteiger partial charge in [-0.3, -0.25) is 25.0 Å². The van der Waals surface area contributed by atoms with E-state index in [0.29, 0.717) is 5.56 Å². The number of aromatic nitrogens is 1. The summed E-state index contributed by atoms with van der Waals surface area (Å²) in [7, 11) is 1.37. The zero-order valence-electron chi connectivity index (χ0n) is 12.7. The molecule has 0 aliphatic heterocycles. The van der Waals surface area contributed by atoms with Crippen LogP contribution >= 0.6 is 0 Å². The van der Waals surface area contributed by atoms with E-state index in [0.717, 1.165) is 12.3 Å². The number of carbonyl (C=O) groups is 1. The predicted octanol–water partition coefficient (Wildman–Crippen LogP) is 2.47. The zero-order valence-corrected chi connectivity index (χ0v) is 12.7. The van der Waals surface area contributed by atoms with Gasteiger partial charge < -0.3 is 10.1 Å². The lowest BCUT2D eigenvalue weighted by molar-refractivity contribution is -0.385. The van der Waals surface area contributed by atoms with E-state index in [1.807, 2.05) is 0 Å². The maximum atomic E-state index is 12.3. The second-order valence-electron chi connectivity index (χ2n) is 4.71. The van der Waals surface area contributed by atoms with Crippen LogP contribution in [0.15, 0.2) is 30.5 Å². The van der Waals surface area contributed by atoms with Gasteiger partial charge in [0.15, 0.2) is 0 Å². The number of nitro groups is 2. The fraction of sp³-hybridized carbons (Fsp3) is 0.143. The first-order valence-electron chi connectivity index (χ1n) is 6.58. The summed E-state index contributed by atoms with van der Waals surface area (Å²) >= 11 is 0. The molecule has 0 aliphatic rings. The summed E-state index contributed by atoms with van der Waals surface area (Å²) < 4.78 is 4.96. The van der Waals surface area contributed by atoms with E-state index in [2.05, 4.69) is 10.3 Å². The Morgan fingerprint density at radius 3 is 2.38 bits per heavy atom. The molecule has 10 heteroatoms. The first-order chi connectivity index (χ1) is 11.3. The summed E-state index contributed by atoms with van der Waals surface area (Å²) in [5, 5.41) is 24.2. The minimum absolute atomic E-state index is 0.0419. The molecule has 0 atom stereocenters. The molecule has 0 unspecified atom stereocenters. The number of nitrogens with zero attached hydrogens (tertiary/aromatic N) is 3. The van der Waals surface area contributed by atoms with Crippen LogP contribution in [0, 0.1) is 27.2 Å². The third-order valence-electron chi connectivity index (χ3n) is 3.17. The van der Waals surface area contributed by atoms with Crippen LogP contribution in [0.2, 0.25) is 0 Å². The van der Waals surface area contributed by atoms with Crippen molar-refractivity contribution in [3.05, 3.63) is 61.8 Å². The smallest absolute Gasteiger partial charge is 0.290 e. The number of aryl methyl sites for hydroxylation is 1. The number of nitrogens with one attached hydrogen (secondary N) is 1. The van der Waals surface area contributed by atoms with Gasteiger partial charge in [0.25, 0.3) is 17.3 Å². The number of pyridine rings is 1. The molecule has 1 N–H and O–H groups in total. The zero-order chi connectivity index (χ0) is 17.9. The summed E-state index contributed by atoms with van der Waals surface area (Å²) in [6.45, 7) is 1.49. The number of hydrogen-bond donors (Lipinski definition) is 1. The van der Waals surface area contributed by atoms with E-state index in [4.69, 9.17) is 4.74 Å². The van der Waals surface area contributed by atoms with E-state index < -0.39 is 21.4 Å². The van der Waals surface area contributed by atoms with Crippen LogP contribution in [0.1, 0.15) is 15.9 Å². The van der Waals surface area contributed by atoms with Gasteiger partial charge in [0.2, 0.25) is 0 Å². The lowest BCUT2D eigenvalue weighted by Crippen LogP contribution is -2.15. The first-order valence-corrected chi connectivity index (χ1v) is 6.58. The number of ether oxygens (including phenoxy) is 1. The Bertz CT molecular complexity index is 836. The van der Waals surface area contributed by atoms with Gasteiger partial charge >= 0.3 is 0 Å². The molecule has 24 heavy (non-hydrogen) atoms. The average Bonchev–Trinajstić information content (AvgIpc) is 2.53. The molecular weight excluding hydrogens is 320 g/mol. The summed E-state index contributed by atoms with van der Waals surface area (Å²) in [5.41, 5.74) is -0.505. The number of anilines is 1. The third-order valence-corrected chi connectivity index (χ3v) is 3.17. The summed E-state index contributed by atoms with van der Waals surface area (Å²) in [6, 6.07) is 5.05. The SMILES string of the molecule is COc1ccc([N+](=O)[O-])c(C(=O)Nc2cc(C)c([N+](=O)[O-])cn2)c1. The molecule has 0 bridgehead atoms. The fourth-order valence-electron chi connectivity index (χ4n) is 1.98. The molecule has 2 rings (SSSR count). The highest BCUT2D eigenvalue weighted by Gasteiger charge is 2.22. The van der Waals surface area contributed by atoms with E-state index in [-0.39, 0.29) is 22.8 Å². The Hall–Kier alpha value is -3.56. The minimum Gasteiger partial charge on any atom is -0.497 e. The maximum absolute atomic E-state index is 12.3. The molecule has 1 amide bonds. The lowest BCUT2D eigenvalue weighted by Gasteiger charge is -2.07. The van der Waals surface area contributed by atoms with Gasteiger partial charge in [-0.05, 0) is 25.1 Å². The van der Waals surface area contributed by atoms with E-state index in [9.17, 15) is 25.0 Å². The van der Waals surface area contributed by atoms with Gasteiger partial charge in [-0.1, -0.05) is 0 Å². The molecule has 2 aromatic rings. The molecule has 1 heterocycles. The minimum atomic E-state index is -0.777. The van der Waals surface area contributed by atoms with Crippen LogP contribution in [0.3, 0.4) is 0 Å². The van der Waals surface area contributed by atoms with Crippen LogP contribution in [0.5, 0.6) is 5.75 Å². The number of amides is 1. The number of hydrogen-bond acceptors (Lipinski definition) is 7. The molecule has 0 saturated heterocycles. The number of carbonyl (C=O) groups excluding carboxylic acids is 1. The monoisotopic (exact) mass is 332 g/mol. The van der Waals surface area contributed by atoms with E-state index in [1.165, 1.54) is 32.2 Å². The number of methoxy groups -OCH3 is 1. The Labute approximate surface area is 135 Å². The first kappa shape index (κ1) is 16.8. The van der Waals surface area contributed by atoms with Gasteiger partial charge in [-0.25, -0.2) is 4.98 Å². The Morgan fingerprint density at radius 2 is 1.83 bits per heavy atom. The molecule has 1 aromatic carbocycles. The van der Waals surface area contributed by atoms with Crippen molar-refractivity contribution < 1.29 is 19.4 Å². The van der Waals surface area contributed by atoms with Crippen molar-refractivity contribution in [3.63, 3.8) is 0 Å². The van der Waals surface area contributed by atoms with Gasteiger partial charge in [0.05, 0.1) is 17.0 Å². The molecule has 1 aromatic heterocycles. The molecule has 0 spiro atoms. The van der Waals surface area contributed by atoms with Crippen molar-refractivity contribution in [3.8, 4) is 5.75 Å². The van der Waals surface area contributed by atoms with Crippen LogP contribution in [0.25, 0.3) is 0 Å². The standard InChI is InChI=1S/C14H12N4O6/c1-8-5-13(15-7-12(8)18(22)23)16-14(19)10-6-9(24-2)3-4-11(10)17(20)21/h3-7H,1-2H3,(H,15,16,19). The topological polar surface area (TPSA) is 138 Å². The largest absolute Gasteiger partial charge is 0.497 e. The quantitative estimate of drug-likeness (QED) is 0.655. The highest BCUT2D eigenvalue weighted by atomic mass is 16.6. The highest BCUT2D eigenvalue weighted by Crippen LogP contribution is 2.25. The summed E-state index contributed by atoms with van der Waals surface area (Å²) in [4.78, 5) is 36.6. The average molecular weight is 332 g/mol. The van der Waals surface area contributed by atoms with Crippen molar-refractivity contribution in [2.24, 2.45) is 0 Å². The number of nitro benzene ring substituents is 1. The van der Waals surface area contributed by atoms with Crippen LogP contribution in [-0.2, 0) is 0 Å². The Morgan fingerprint density at radius 1 is 1.17 bits per heavy atom. The fourth-order valence-corrected chi connectivity index (χ4v) is 1.98. The van der Waals surface area contributed by atoms with E-state index in [1.54, 1.807) is 0 Å². The van der Waals surface area contributed by atoms with Gasteiger partial charge in [-0.2, -0.15) is 0 Å². The molecule has 0 saturated carbocycles. The molecule has 0 radical (unpaired) electrons. The van der Waals surface area contributed by atoms with Crippen molar-refractivity contribution in [1.82, 2.24) is 4.98 Å². The summed E-state index contributed by atoms with van der Waals surface area (Å²) in [6.07, 6.45) is 1.00. The highest BCUT2D eigenvalue weighted by molar-refractivity contribution is 6.07. The third kappa shape index (κ3) is 3.43. The van der Waals surface area contributed by atoms with Crippen molar-refractivity contribution >= 4 is 23.1 Å². The second-order valence-corrected chi connectivity index (χ2v) is 4.71. The van der Waals surface area contributed by atoms with Gasteiger partial charge in [0, 0.05) is 11.6 Å². The molecule has 10 nitrogen and oxygen atoms in total. The van der Waals surface area contributed by atoms with Crippen molar-refractivity contribution in [2.75, 3.05) is 12.4 Å². The normalized spacial score (nSPS) is 10.1. The Kier molecular flexibility index (Phi) is 4.68. The van der Waals surface area contributed by atoms with Crippen LogP contribution in [0.4, 0.5) is 17.2 Å². The predicted molar refractivity (Wildman–Crippen MR) is 83.2 cm³/mol. The lowest BCUT2D eigenvalue weighted by atomic mass is 10.1. The molecular formula is C14H12N4O6. The van der Waals surface area contributed by atoms with E-state index >= 15 is 0 Å². The van der Waals surface area contributed by atoms with Crippen molar-refractivity contribution in [1.29, 1.82) is 0 Å². The van der Waals surface area contributed by atoms with Gasteiger partial charge in [0.1, 0.15) is 23.3 Å². The number of benzene rings is 1. The molecule has 124 valence electrons. The van der Waals surface area contributed by atoms with Gasteiger partial charge in [-0.15, -0.1) is 0 Å². The molecule has 0 fully saturated rings. The summed E-state index contributed by atoms with van der Waals surface area (Å²) in [5.74, 6) is -0.458. The van der Waals surface area contributed by atoms with Crippen molar-refractivity contribution in [2.45, 2.75) is 6.92 Å². The van der Waals surface area contributed by atoms with Crippen LogP contribution in [-0.4, -0.2) is 27.8 Å². The maximum Gasteiger partial charge on any atom is 0.290 e. The second kappa shape index (κ2) is 6.69. The van der Waals surface area contributed by atoms with Crippen LogP contribution < -0.4 is 10.1 Å². The number of rotatable bonds is 5.